The minimum Gasteiger partial charge on any atom is -0.478 e. The average molecular weight is 274 g/mol. The Hall–Kier alpha value is -0.653. The quantitative estimate of drug-likeness (QED) is 0.415. The molecule has 5 heteroatoms. The van der Waals surface area contributed by atoms with Gasteiger partial charge in [-0.25, -0.2) is 4.79 Å². The molecule has 0 aliphatic heterocycles. The second kappa shape index (κ2) is 8.45. The Balaban J connectivity index is 5.21. The summed E-state index contributed by atoms with van der Waals surface area (Å²) in [6.07, 6.45) is 0.832. The Kier molecular flexibility index (Phi) is 8.14. The van der Waals surface area contributed by atoms with Crippen LogP contribution >= 0.6 is 0 Å². The summed E-state index contributed by atoms with van der Waals surface area (Å²) in [5, 5.41) is 10.3. The molecule has 4 nitrogen and oxygen atoms in total. The molecule has 1 N–H and O–H groups in total. The maximum absolute atomic E-state index is 11.4. The fourth-order valence-corrected chi connectivity index (χ4v) is 2.61. The lowest BCUT2D eigenvalue weighted by molar-refractivity contribution is -0.168. The molecule has 0 aromatic carbocycles. The predicted molar refractivity (Wildman–Crippen MR) is 75.7 cm³/mol. The fraction of sp³-hybridized carbons (Fsp3) is 0.769. The maximum Gasteiger partial charge on any atom is 0.336 e. The fourth-order valence-electron chi connectivity index (χ4n) is 1.66. The number of carbonyl (C=O) groups is 1. The number of hydrogen-bond acceptors (Lipinski definition) is 3. The molecule has 0 amide bonds. The van der Waals surface area contributed by atoms with E-state index < -0.39 is 12.3 Å². The van der Waals surface area contributed by atoms with Crippen molar-refractivity contribution < 1.29 is 19.4 Å². The first kappa shape index (κ1) is 17.3. The van der Waals surface area contributed by atoms with Gasteiger partial charge >= 0.3 is 5.97 Å². The third kappa shape index (κ3) is 6.33. The molecule has 0 heterocycles. The third-order valence-electron chi connectivity index (χ3n) is 2.34. The molecule has 0 saturated heterocycles. The summed E-state index contributed by atoms with van der Waals surface area (Å²) < 4.78 is 11.2. The molecule has 0 unspecified atom stereocenters. The molecule has 106 valence electrons. The predicted octanol–water partition coefficient (Wildman–Crippen LogP) is 1.67. The summed E-state index contributed by atoms with van der Waals surface area (Å²) in [5.74, 6) is -0.931. The minimum atomic E-state index is -0.931. The monoisotopic (exact) mass is 274 g/mol. The Morgan fingerprint density at radius 2 is 1.61 bits per heavy atom. The summed E-state index contributed by atoms with van der Waals surface area (Å²) in [4.78, 5) is 11.4. The van der Waals surface area contributed by atoms with E-state index in [1.807, 2.05) is 34.6 Å². The lowest BCUT2D eigenvalue weighted by Gasteiger charge is -2.25. The van der Waals surface area contributed by atoms with Crippen molar-refractivity contribution >= 4 is 16.2 Å². The Morgan fingerprint density at radius 3 is 1.89 bits per heavy atom. The first-order valence-corrected chi connectivity index (χ1v) is 7.53. The lowest BCUT2D eigenvalue weighted by Crippen LogP contribution is -2.31. The zero-order valence-electron chi connectivity index (χ0n) is 12.3. The molecule has 0 aromatic heterocycles. The highest BCUT2D eigenvalue weighted by atomic mass is 28.1. The Bertz CT molecular complexity index is 287. The molecule has 18 heavy (non-hydrogen) atoms. The summed E-state index contributed by atoms with van der Waals surface area (Å²) in [6.45, 7) is 9.55. The van der Waals surface area contributed by atoms with Crippen molar-refractivity contribution in [1.29, 1.82) is 0 Å². The largest absolute Gasteiger partial charge is 0.478 e. The Labute approximate surface area is 113 Å². The van der Waals surface area contributed by atoms with Crippen LogP contribution in [0.2, 0.25) is 0 Å². The molecule has 0 bridgehead atoms. The molecule has 0 atom stereocenters. The topological polar surface area (TPSA) is 55.8 Å². The normalized spacial score (nSPS) is 13.6. The number of hydrogen-bond donors (Lipinski definition) is 1. The van der Waals surface area contributed by atoms with Crippen LogP contribution in [0, 0.1) is 0 Å². The van der Waals surface area contributed by atoms with E-state index in [0.29, 0.717) is 5.57 Å². The SMILES string of the molecule is CCC/C([SiH3])=C(/C(=O)O)C(OC(C)C)OC(C)C. The lowest BCUT2D eigenvalue weighted by atomic mass is 10.1. The van der Waals surface area contributed by atoms with Crippen LogP contribution in [0.5, 0.6) is 0 Å². The van der Waals surface area contributed by atoms with Crippen LogP contribution in [0.15, 0.2) is 10.8 Å². The van der Waals surface area contributed by atoms with Crippen LogP contribution in [-0.4, -0.2) is 39.8 Å². The Morgan fingerprint density at radius 1 is 1.17 bits per heavy atom. The van der Waals surface area contributed by atoms with E-state index in [4.69, 9.17) is 9.47 Å². The van der Waals surface area contributed by atoms with E-state index in [1.165, 1.54) is 0 Å². The van der Waals surface area contributed by atoms with Crippen molar-refractivity contribution in [2.24, 2.45) is 0 Å². The van der Waals surface area contributed by atoms with Crippen LogP contribution in [0.1, 0.15) is 47.5 Å². The van der Waals surface area contributed by atoms with Gasteiger partial charge in [0.25, 0.3) is 0 Å². The number of aliphatic carboxylic acids is 1. The minimum absolute atomic E-state index is 0.0702. The highest BCUT2D eigenvalue weighted by Crippen LogP contribution is 2.19. The second-order valence-electron chi connectivity index (χ2n) is 4.95. The number of allylic oxidation sites excluding steroid dienone is 1. The molecule has 0 spiro atoms. The van der Waals surface area contributed by atoms with Crippen molar-refractivity contribution in [3.05, 3.63) is 10.8 Å². The third-order valence-corrected chi connectivity index (χ3v) is 3.38. The summed E-state index contributed by atoms with van der Waals surface area (Å²) in [7, 11) is 0.717. The van der Waals surface area contributed by atoms with E-state index in [2.05, 4.69) is 0 Å². The summed E-state index contributed by atoms with van der Waals surface area (Å²) in [5.41, 5.74) is 0.297. The van der Waals surface area contributed by atoms with Crippen molar-refractivity contribution in [2.75, 3.05) is 0 Å². The van der Waals surface area contributed by atoms with Crippen molar-refractivity contribution in [2.45, 2.75) is 66.0 Å². The van der Waals surface area contributed by atoms with Crippen LogP contribution in [0.3, 0.4) is 0 Å². The summed E-state index contributed by atoms with van der Waals surface area (Å²) >= 11 is 0. The van der Waals surface area contributed by atoms with Gasteiger partial charge in [-0.05, 0) is 34.1 Å². The number of carboxylic acid groups (broad SMARTS) is 1. The van der Waals surface area contributed by atoms with E-state index >= 15 is 0 Å². The van der Waals surface area contributed by atoms with Crippen molar-refractivity contribution in [3.63, 3.8) is 0 Å². The van der Waals surface area contributed by atoms with Gasteiger partial charge in [0.2, 0.25) is 0 Å². The first-order chi connectivity index (χ1) is 8.29. The molecule has 0 radical (unpaired) electrons. The highest BCUT2D eigenvalue weighted by molar-refractivity contribution is 6.24. The van der Waals surface area contributed by atoms with Gasteiger partial charge in [-0.3, -0.25) is 0 Å². The number of rotatable bonds is 8. The van der Waals surface area contributed by atoms with E-state index in [0.717, 1.165) is 28.3 Å². The molecule has 0 rings (SSSR count). The number of ether oxygens (including phenoxy) is 2. The highest BCUT2D eigenvalue weighted by Gasteiger charge is 2.26. The molecule has 0 aliphatic carbocycles. The average Bonchev–Trinajstić information content (AvgIpc) is 2.14. The molecule has 0 fully saturated rings. The van der Waals surface area contributed by atoms with Crippen molar-refractivity contribution in [3.8, 4) is 0 Å². The van der Waals surface area contributed by atoms with Gasteiger partial charge in [0.1, 0.15) is 0 Å². The second-order valence-corrected chi connectivity index (χ2v) is 6.16. The van der Waals surface area contributed by atoms with E-state index in [-0.39, 0.29) is 12.2 Å². The molecular formula is C13H26O4Si. The van der Waals surface area contributed by atoms with Crippen LogP contribution in [0.25, 0.3) is 0 Å². The first-order valence-electron chi connectivity index (χ1n) is 6.53. The molecular weight excluding hydrogens is 248 g/mol. The van der Waals surface area contributed by atoms with Gasteiger partial charge < -0.3 is 14.6 Å². The van der Waals surface area contributed by atoms with Gasteiger partial charge in [-0.15, -0.1) is 0 Å². The smallest absolute Gasteiger partial charge is 0.336 e. The van der Waals surface area contributed by atoms with Crippen molar-refractivity contribution in [1.82, 2.24) is 0 Å². The molecule has 0 saturated carbocycles. The van der Waals surface area contributed by atoms with Gasteiger partial charge in [-0.2, -0.15) is 0 Å². The molecule has 0 aliphatic rings. The number of carboxylic acids is 1. The van der Waals surface area contributed by atoms with Gasteiger partial charge in [0, 0.05) is 10.2 Å². The zero-order chi connectivity index (χ0) is 14.3. The van der Waals surface area contributed by atoms with E-state index in [9.17, 15) is 9.90 Å². The van der Waals surface area contributed by atoms with Gasteiger partial charge in [-0.1, -0.05) is 18.5 Å². The maximum atomic E-state index is 11.4. The standard InChI is InChI=1S/C13H26O4Si/c1-6-7-10(18)11(12(14)15)13(16-8(2)3)17-9(4)5/h8-9,13H,6-7H2,1-5,18H3,(H,14,15)/b11-10+. The van der Waals surface area contributed by atoms with Gasteiger partial charge in [0.15, 0.2) is 6.29 Å². The van der Waals surface area contributed by atoms with Crippen LogP contribution in [-0.2, 0) is 14.3 Å². The molecule has 0 aromatic rings. The zero-order valence-corrected chi connectivity index (χ0v) is 14.3. The van der Waals surface area contributed by atoms with Crippen LogP contribution in [0.4, 0.5) is 0 Å². The summed E-state index contributed by atoms with van der Waals surface area (Å²) in [6, 6.07) is 0. The van der Waals surface area contributed by atoms with Gasteiger partial charge in [0.05, 0.1) is 17.8 Å². The van der Waals surface area contributed by atoms with Crippen LogP contribution < -0.4 is 0 Å². The van der Waals surface area contributed by atoms with E-state index in [1.54, 1.807) is 0 Å².